The highest BCUT2D eigenvalue weighted by molar-refractivity contribution is 4.85. The first-order valence-corrected chi connectivity index (χ1v) is 5.44. The van der Waals surface area contributed by atoms with E-state index in [0.29, 0.717) is 12.0 Å². The molecular weight excluding hydrogens is 160 g/mol. The molecule has 1 aliphatic carbocycles. The van der Waals surface area contributed by atoms with Gasteiger partial charge >= 0.3 is 0 Å². The predicted molar refractivity (Wildman–Crippen MR) is 57.6 cm³/mol. The molecule has 1 aliphatic rings. The number of hydrogen-bond acceptors (Lipinski definition) is 2. The summed E-state index contributed by atoms with van der Waals surface area (Å²) in [6, 6.07) is 0.332. The molecule has 0 bridgehead atoms. The highest BCUT2D eigenvalue weighted by Gasteiger charge is 2.33. The van der Waals surface area contributed by atoms with E-state index in [2.05, 4.69) is 32.7 Å². The molecule has 0 aliphatic heterocycles. The van der Waals surface area contributed by atoms with E-state index in [4.69, 9.17) is 5.73 Å². The first kappa shape index (κ1) is 11.0. The molecule has 0 radical (unpaired) electrons. The van der Waals surface area contributed by atoms with Crippen molar-refractivity contribution in [2.45, 2.75) is 33.2 Å². The second kappa shape index (κ2) is 4.43. The van der Waals surface area contributed by atoms with Crippen molar-refractivity contribution in [3.05, 3.63) is 0 Å². The van der Waals surface area contributed by atoms with E-state index >= 15 is 0 Å². The number of nitrogens with two attached hydrogens (primary N) is 1. The van der Waals surface area contributed by atoms with E-state index in [1.807, 2.05) is 0 Å². The van der Waals surface area contributed by atoms with Gasteiger partial charge in [0.25, 0.3) is 0 Å². The van der Waals surface area contributed by atoms with Gasteiger partial charge in [-0.3, -0.25) is 0 Å². The number of hydrogen-bond donors (Lipinski definition) is 1. The molecule has 2 heteroatoms. The quantitative estimate of drug-likeness (QED) is 0.702. The summed E-state index contributed by atoms with van der Waals surface area (Å²) in [4.78, 5) is 2.39. The molecule has 3 atom stereocenters. The summed E-state index contributed by atoms with van der Waals surface area (Å²) in [6.07, 6.45) is 1.42. The Morgan fingerprint density at radius 1 is 1.46 bits per heavy atom. The lowest BCUT2D eigenvalue weighted by Crippen LogP contribution is -2.39. The third-order valence-electron chi connectivity index (χ3n) is 3.20. The molecular formula is C11H24N2. The Balaban J connectivity index is 2.13. The van der Waals surface area contributed by atoms with Crippen LogP contribution in [-0.2, 0) is 0 Å². The Labute approximate surface area is 82.5 Å². The lowest BCUT2D eigenvalue weighted by Gasteiger charge is -2.23. The normalized spacial score (nSPS) is 29.8. The Hall–Kier alpha value is -0.0800. The van der Waals surface area contributed by atoms with Crippen LogP contribution in [0.5, 0.6) is 0 Å². The summed E-state index contributed by atoms with van der Waals surface area (Å²) in [5.41, 5.74) is 6.01. The summed E-state index contributed by atoms with van der Waals surface area (Å²) >= 11 is 0. The van der Waals surface area contributed by atoms with Crippen molar-refractivity contribution < 1.29 is 0 Å². The first-order chi connectivity index (χ1) is 6.00. The zero-order valence-electron chi connectivity index (χ0n) is 9.46. The third-order valence-corrected chi connectivity index (χ3v) is 3.20. The molecule has 1 fully saturated rings. The number of likely N-dealkylation sites (N-methyl/N-ethyl adjacent to an activating group) is 1. The molecule has 0 heterocycles. The molecule has 1 saturated carbocycles. The Morgan fingerprint density at radius 2 is 2.00 bits per heavy atom. The average molecular weight is 184 g/mol. The summed E-state index contributed by atoms with van der Waals surface area (Å²) in [6.45, 7) is 9.00. The second-order valence-electron chi connectivity index (χ2n) is 5.10. The minimum Gasteiger partial charge on any atom is -0.326 e. The maximum atomic E-state index is 6.01. The van der Waals surface area contributed by atoms with Gasteiger partial charge < -0.3 is 10.6 Å². The van der Waals surface area contributed by atoms with Gasteiger partial charge in [0.15, 0.2) is 0 Å². The Kier molecular flexibility index (Phi) is 3.74. The summed E-state index contributed by atoms with van der Waals surface area (Å²) in [7, 11) is 2.19. The van der Waals surface area contributed by atoms with Crippen molar-refractivity contribution in [3.8, 4) is 0 Å². The van der Waals surface area contributed by atoms with Crippen LogP contribution in [0.4, 0.5) is 0 Å². The van der Waals surface area contributed by atoms with E-state index in [-0.39, 0.29) is 0 Å². The van der Waals surface area contributed by atoms with Crippen LogP contribution < -0.4 is 5.73 Å². The van der Waals surface area contributed by atoms with Crippen LogP contribution in [0.1, 0.15) is 27.2 Å². The van der Waals surface area contributed by atoms with Gasteiger partial charge in [0, 0.05) is 19.1 Å². The van der Waals surface area contributed by atoms with Crippen LogP contribution in [0, 0.1) is 17.8 Å². The van der Waals surface area contributed by atoms with Crippen molar-refractivity contribution in [2.24, 2.45) is 23.5 Å². The van der Waals surface area contributed by atoms with Crippen LogP contribution in [0.25, 0.3) is 0 Å². The average Bonchev–Trinajstić information content (AvgIpc) is 2.65. The Bertz CT molecular complexity index is 156. The van der Waals surface area contributed by atoms with Gasteiger partial charge in [-0.2, -0.15) is 0 Å². The number of rotatable bonds is 5. The van der Waals surface area contributed by atoms with E-state index in [1.54, 1.807) is 0 Å². The Morgan fingerprint density at radius 3 is 2.38 bits per heavy atom. The smallest absolute Gasteiger partial charge is 0.0191 e. The van der Waals surface area contributed by atoms with Crippen LogP contribution in [0.3, 0.4) is 0 Å². The summed E-state index contributed by atoms with van der Waals surface area (Å²) in [5.74, 6) is 2.50. The standard InChI is InChI=1S/C11H24N2/c1-8(2)11(12)7-13(4)6-10-5-9(10)3/h8-11H,5-7,12H2,1-4H3. The van der Waals surface area contributed by atoms with Crippen molar-refractivity contribution in [1.82, 2.24) is 4.90 Å². The fourth-order valence-corrected chi connectivity index (χ4v) is 1.70. The van der Waals surface area contributed by atoms with Gasteiger partial charge in [0.1, 0.15) is 0 Å². The minimum absolute atomic E-state index is 0.332. The van der Waals surface area contributed by atoms with Gasteiger partial charge in [-0.25, -0.2) is 0 Å². The maximum absolute atomic E-state index is 6.01. The molecule has 0 aromatic heterocycles. The zero-order chi connectivity index (χ0) is 10.0. The molecule has 0 spiro atoms. The molecule has 2 nitrogen and oxygen atoms in total. The largest absolute Gasteiger partial charge is 0.326 e. The fourth-order valence-electron chi connectivity index (χ4n) is 1.70. The topological polar surface area (TPSA) is 29.3 Å². The highest BCUT2D eigenvalue weighted by atomic mass is 15.1. The SMILES string of the molecule is CC(C)C(N)CN(C)CC1CC1C. The van der Waals surface area contributed by atoms with E-state index in [1.165, 1.54) is 13.0 Å². The molecule has 3 unspecified atom stereocenters. The van der Waals surface area contributed by atoms with Crippen molar-refractivity contribution in [3.63, 3.8) is 0 Å². The van der Waals surface area contributed by atoms with Gasteiger partial charge in [0.2, 0.25) is 0 Å². The van der Waals surface area contributed by atoms with Crippen molar-refractivity contribution in [1.29, 1.82) is 0 Å². The molecule has 78 valence electrons. The van der Waals surface area contributed by atoms with Gasteiger partial charge in [-0.05, 0) is 31.2 Å². The van der Waals surface area contributed by atoms with E-state index in [0.717, 1.165) is 18.4 Å². The molecule has 0 amide bonds. The predicted octanol–water partition coefficient (Wildman–Crippen LogP) is 1.56. The van der Waals surface area contributed by atoms with Crippen LogP contribution in [0.15, 0.2) is 0 Å². The maximum Gasteiger partial charge on any atom is 0.0191 e. The van der Waals surface area contributed by atoms with Crippen LogP contribution in [-0.4, -0.2) is 31.1 Å². The zero-order valence-corrected chi connectivity index (χ0v) is 9.46. The third kappa shape index (κ3) is 3.65. The first-order valence-electron chi connectivity index (χ1n) is 5.44. The minimum atomic E-state index is 0.332. The highest BCUT2D eigenvalue weighted by Crippen LogP contribution is 2.37. The van der Waals surface area contributed by atoms with E-state index < -0.39 is 0 Å². The second-order valence-corrected chi connectivity index (χ2v) is 5.10. The van der Waals surface area contributed by atoms with Gasteiger partial charge in [-0.1, -0.05) is 20.8 Å². The molecule has 1 rings (SSSR count). The van der Waals surface area contributed by atoms with Gasteiger partial charge in [0.05, 0.1) is 0 Å². The lowest BCUT2D eigenvalue weighted by molar-refractivity contribution is 0.270. The molecule has 0 saturated heterocycles. The van der Waals surface area contributed by atoms with Gasteiger partial charge in [-0.15, -0.1) is 0 Å². The monoisotopic (exact) mass is 184 g/mol. The van der Waals surface area contributed by atoms with Crippen molar-refractivity contribution >= 4 is 0 Å². The van der Waals surface area contributed by atoms with Crippen molar-refractivity contribution in [2.75, 3.05) is 20.1 Å². The molecule has 13 heavy (non-hydrogen) atoms. The summed E-state index contributed by atoms with van der Waals surface area (Å²) in [5, 5.41) is 0. The lowest BCUT2D eigenvalue weighted by atomic mass is 10.1. The molecule has 0 aromatic rings. The van der Waals surface area contributed by atoms with Crippen LogP contribution >= 0.6 is 0 Å². The summed E-state index contributed by atoms with van der Waals surface area (Å²) < 4.78 is 0. The van der Waals surface area contributed by atoms with E-state index in [9.17, 15) is 0 Å². The van der Waals surface area contributed by atoms with Crippen LogP contribution in [0.2, 0.25) is 0 Å². The molecule has 2 N–H and O–H groups in total. The molecule has 0 aromatic carbocycles. The fraction of sp³-hybridized carbons (Fsp3) is 1.00. The number of nitrogens with zero attached hydrogens (tertiary/aromatic N) is 1.